The molecule has 0 aliphatic carbocycles. The highest BCUT2D eigenvalue weighted by atomic mass is 16.7. The molecule has 0 atom stereocenters. The Labute approximate surface area is 30.2 Å². The Bertz CT molecular complexity index is 14.4. The van der Waals surface area contributed by atoms with Crippen LogP contribution in [0.4, 0.5) is 0 Å². The van der Waals surface area contributed by atoms with Crippen LogP contribution in [0.25, 0.3) is 0 Å². The Hall–Kier alpha value is -0.160. The van der Waals surface area contributed by atoms with Crippen molar-refractivity contribution in [1.82, 2.24) is 11.1 Å². The Morgan fingerprint density at radius 2 is 2.40 bits per heavy atom. The highest BCUT2D eigenvalue weighted by Gasteiger charge is 1.56. The molecule has 0 saturated carbocycles. The number of hydrogen-bond acceptors (Lipinski definition) is 4. The fraction of sp³-hybridized carbons (Fsp3) is 1.00. The first kappa shape index (κ1) is 4.84. The number of hydrazine groups is 2. The van der Waals surface area contributed by atoms with Crippen LogP contribution >= 0.6 is 0 Å². The molecule has 0 saturated heterocycles. The predicted molar refractivity (Wildman–Crippen MR) is 17.5 cm³/mol. The average Bonchev–Trinajstić information content (AvgIpc) is 1.41. The summed E-state index contributed by atoms with van der Waals surface area (Å²) in [6.45, 7) is 0. The third-order valence-corrected chi connectivity index (χ3v) is 0.161. The summed E-state index contributed by atoms with van der Waals surface area (Å²) in [5.74, 6) is 4.65. The molecular weight excluding hydrogens is 70.0 g/mol. The Morgan fingerprint density at radius 3 is 2.40 bits per heavy atom. The third kappa shape index (κ3) is 3.84. The lowest BCUT2D eigenvalue weighted by Gasteiger charge is -1.91. The molecule has 0 rings (SSSR count). The molecule has 0 bridgehead atoms. The van der Waals surface area contributed by atoms with E-state index in [1.807, 2.05) is 5.53 Å². The molecule has 0 fully saturated rings. The summed E-state index contributed by atoms with van der Waals surface area (Å²) in [7, 11) is 1.46. The normalized spacial score (nSPS) is 8.40. The second-order valence-corrected chi connectivity index (χ2v) is 0.451. The van der Waals surface area contributed by atoms with Crippen LogP contribution in [0.3, 0.4) is 0 Å². The molecule has 32 valence electrons. The summed E-state index contributed by atoms with van der Waals surface area (Å²) in [6, 6.07) is 0. The topological polar surface area (TPSA) is 59.3 Å². The quantitative estimate of drug-likeness (QED) is 0.278. The van der Waals surface area contributed by atoms with Crippen LogP contribution in [0, 0.1) is 0 Å². The van der Waals surface area contributed by atoms with Crippen molar-refractivity contribution < 1.29 is 4.84 Å². The minimum Gasteiger partial charge on any atom is -0.289 e. The largest absolute Gasteiger partial charge is 0.289 e. The van der Waals surface area contributed by atoms with Crippen LogP contribution in [0.2, 0.25) is 0 Å². The van der Waals surface area contributed by atoms with Gasteiger partial charge in [-0.15, -0.1) is 5.59 Å². The van der Waals surface area contributed by atoms with Gasteiger partial charge in [0.15, 0.2) is 0 Å². The molecule has 0 radical (unpaired) electrons. The molecule has 0 aliphatic heterocycles. The van der Waals surface area contributed by atoms with E-state index in [2.05, 4.69) is 16.3 Å². The van der Waals surface area contributed by atoms with Crippen molar-refractivity contribution in [2.24, 2.45) is 5.84 Å². The number of hydrogen-bond donors (Lipinski definition) is 3. The molecule has 4 N–H and O–H groups in total. The van der Waals surface area contributed by atoms with Crippen LogP contribution in [0.1, 0.15) is 0 Å². The van der Waals surface area contributed by atoms with Crippen LogP contribution in [-0.2, 0) is 4.84 Å². The van der Waals surface area contributed by atoms with Crippen LogP contribution in [0.15, 0.2) is 0 Å². The van der Waals surface area contributed by atoms with E-state index >= 15 is 0 Å². The van der Waals surface area contributed by atoms with Gasteiger partial charge in [0, 0.05) is 0 Å². The maximum absolute atomic E-state index is 4.65. The Kier molecular flexibility index (Phi) is 3.72. The van der Waals surface area contributed by atoms with Crippen molar-refractivity contribution in [1.29, 1.82) is 0 Å². The van der Waals surface area contributed by atoms with Crippen LogP contribution < -0.4 is 17.0 Å². The summed E-state index contributed by atoms with van der Waals surface area (Å²) < 4.78 is 0. The molecule has 0 heterocycles. The molecule has 4 heteroatoms. The fourth-order valence-electron chi connectivity index (χ4n) is 0.0589. The van der Waals surface area contributed by atoms with Crippen LogP contribution in [-0.4, -0.2) is 7.11 Å². The van der Waals surface area contributed by atoms with E-state index in [9.17, 15) is 0 Å². The molecule has 5 heavy (non-hydrogen) atoms. The fourth-order valence-corrected chi connectivity index (χ4v) is 0.0589. The maximum Gasteiger partial charge on any atom is 0.0589 e. The van der Waals surface area contributed by atoms with Gasteiger partial charge >= 0.3 is 0 Å². The minimum absolute atomic E-state index is 1.46. The Morgan fingerprint density at radius 1 is 1.80 bits per heavy atom. The zero-order valence-electron chi connectivity index (χ0n) is 2.99. The molecule has 0 aromatic carbocycles. The van der Waals surface area contributed by atoms with Gasteiger partial charge in [-0.25, -0.2) is 0 Å². The minimum atomic E-state index is 1.46. The van der Waals surface area contributed by atoms with E-state index in [4.69, 9.17) is 0 Å². The van der Waals surface area contributed by atoms with E-state index in [0.29, 0.717) is 0 Å². The number of rotatable bonds is 2. The highest BCUT2D eigenvalue weighted by Crippen LogP contribution is 1.31. The highest BCUT2D eigenvalue weighted by molar-refractivity contribution is 3.79. The first-order chi connectivity index (χ1) is 2.41. The van der Waals surface area contributed by atoms with Gasteiger partial charge in [0.25, 0.3) is 0 Å². The summed E-state index contributed by atoms with van der Waals surface area (Å²) in [5, 5.41) is 0. The van der Waals surface area contributed by atoms with Crippen molar-refractivity contribution in [2.75, 3.05) is 7.11 Å². The predicted octanol–water partition coefficient (Wildman–Crippen LogP) is -1.48. The van der Waals surface area contributed by atoms with Crippen molar-refractivity contribution in [3.05, 3.63) is 0 Å². The smallest absolute Gasteiger partial charge is 0.0589 e. The van der Waals surface area contributed by atoms with Gasteiger partial charge < -0.3 is 0 Å². The van der Waals surface area contributed by atoms with Gasteiger partial charge in [0.2, 0.25) is 0 Å². The Balaban J connectivity index is 2.19. The zero-order chi connectivity index (χ0) is 4.12. The molecule has 0 amide bonds. The summed E-state index contributed by atoms with van der Waals surface area (Å²) in [4.78, 5) is 4.20. The van der Waals surface area contributed by atoms with Crippen molar-refractivity contribution in [3.63, 3.8) is 0 Å². The third-order valence-electron chi connectivity index (χ3n) is 0.161. The van der Waals surface area contributed by atoms with Gasteiger partial charge in [-0.2, -0.15) is 5.53 Å². The molecule has 4 nitrogen and oxygen atoms in total. The summed E-state index contributed by atoms with van der Waals surface area (Å²) in [5.41, 5.74) is 4.18. The molecule has 0 spiro atoms. The molecule has 0 aromatic heterocycles. The number of nitrogens with one attached hydrogen (secondary N) is 2. The average molecular weight is 77.1 g/mol. The molecule has 0 unspecified atom stereocenters. The lowest BCUT2D eigenvalue weighted by Crippen LogP contribution is -2.36. The first-order valence-electron chi connectivity index (χ1n) is 1.15. The van der Waals surface area contributed by atoms with E-state index < -0.39 is 0 Å². The lowest BCUT2D eigenvalue weighted by atomic mass is 11.7. The van der Waals surface area contributed by atoms with Gasteiger partial charge in [0.05, 0.1) is 7.11 Å². The van der Waals surface area contributed by atoms with Crippen molar-refractivity contribution in [3.8, 4) is 0 Å². The standard InChI is InChI=1S/CH7N3O/c1-5-4-3-2/h3-4H,2H2,1H3. The van der Waals surface area contributed by atoms with Gasteiger partial charge in [-0.05, 0) is 0 Å². The maximum atomic E-state index is 4.65. The second-order valence-electron chi connectivity index (χ2n) is 0.451. The van der Waals surface area contributed by atoms with E-state index in [1.54, 1.807) is 0 Å². The summed E-state index contributed by atoms with van der Waals surface area (Å²) in [6.07, 6.45) is 0. The van der Waals surface area contributed by atoms with E-state index in [-0.39, 0.29) is 0 Å². The van der Waals surface area contributed by atoms with Crippen molar-refractivity contribution in [2.45, 2.75) is 0 Å². The van der Waals surface area contributed by atoms with E-state index in [1.165, 1.54) is 7.11 Å². The molecule has 0 aromatic rings. The van der Waals surface area contributed by atoms with Crippen molar-refractivity contribution >= 4 is 0 Å². The lowest BCUT2D eigenvalue weighted by molar-refractivity contribution is 0.0557. The van der Waals surface area contributed by atoms with Gasteiger partial charge in [-0.1, -0.05) is 0 Å². The second kappa shape index (κ2) is 3.84. The summed E-state index contributed by atoms with van der Waals surface area (Å²) >= 11 is 0. The van der Waals surface area contributed by atoms with Crippen LogP contribution in [0.5, 0.6) is 0 Å². The molecule has 0 aliphatic rings. The number of nitrogens with two attached hydrogens (primary N) is 1. The SMILES string of the molecule is CONNN. The van der Waals surface area contributed by atoms with E-state index in [0.717, 1.165) is 0 Å². The van der Waals surface area contributed by atoms with Gasteiger partial charge in [0.1, 0.15) is 0 Å². The molecular formula is CH7N3O. The monoisotopic (exact) mass is 77.1 g/mol. The van der Waals surface area contributed by atoms with Gasteiger partial charge in [-0.3, -0.25) is 10.7 Å². The zero-order valence-corrected chi connectivity index (χ0v) is 2.99. The first-order valence-corrected chi connectivity index (χ1v) is 1.15.